The molecule has 0 aromatic rings. The molecule has 1 rings (SSSR count). The highest BCUT2D eigenvalue weighted by molar-refractivity contribution is 5.82. The number of carbonyl (C=O) groups excluding carboxylic acids is 3. The lowest BCUT2D eigenvalue weighted by molar-refractivity contribution is -0.156. The van der Waals surface area contributed by atoms with Crippen molar-refractivity contribution in [3.05, 3.63) is 38.0 Å². The van der Waals surface area contributed by atoms with Crippen molar-refractivity contribution in [3.8, 4) is 0 Å². The van der Waals surface area contributed by atoms with Crippen molar-refractivity contribution in [1.82, 2.24) is 0 Å². The highest BCUT2D eigenvalue weighted by Gasteiger charge is 2.40. The SMILES string of the molecule is C=CC(=O)OCC(COC(=O)C=C)(COC(=O)C=C)CC1CC1. The summed E-state index contributed by atoms with van der Waals surface area (Å²) in [6, 6.07) is 0. The molecule has 1 aliphatic rings. The van der Waals surface area contributed by atoms with Crippen molar-refractivity contribution in [2.45, 2.75) is 19.3 Å². The molecule has 0 amide bonds. The predicted octanol–water partition coefficient (Wildman–Crippen LogP) is 1.96. The van der Waals surface area contributed by atoms with Crippen molar-refractivity contribution in [1.29, 1.82) is 0 Å². The summed E-state index contributed by atoms with van der Waals surface area (Å²) in [4.78, 5) is 34.1. The number of carbonyl (C=O) groups is 3. The van der Waals surface area contributed by atoms with Gasteiger partial charge in [-0.15, -0.1) is 0 Å². The molecule has 0 N–H and O–H groups in total. The Morgan fingerprint density at radius 3 is 1.43 bits per heavy atom. The summed E-state index contributed by atoms with van der Waals surface area (Å²) >= 11 is 0. The topological polar surface area (TPSA) is 78.9 Å². The second-order valence-corrected chi connectivity index (χ2v) is 5.58. The van der Waals surface area contributed by atoms with E-state index >= 15 is 0 Å². The van der Waals surface area contributed by atoms with Crippen LogP contribution in [0.3, 0.4) is 0 Å². The molecule has 0 aromatic heterocycles. The normalized spacial score (nSPS) is 13.6. The smallest absolute Gasteiger partial charge is 0.330 e. The monoisotopic (exact) mass is 322 g/mol. The van der Waals surface area contributed by atoms with E-state index in [0.29, 0.717) is 12.3 Å². The summed E-state index contributed by atoms with van der Waals surface area (Å²) < 4.78 is 15.4. The lowest BCUT2D eigenvalue weighted by atomic mass is 9.84. The van der Waals surface area contributed by atoms with Gasteiger partial charge in [0.25, 0.3) is 0 Å². The van der Waals surface area contributed by atoms with Crippen LogP contribution in [0.5, 0.6) is 0 Å². The molecule has 0 radical (unpaired) electrons. The largest absolute Gasteiger partial charge is 0.462 e. The summed E-state index contributed by atoms with van der Waals surface area (Å²) in [5, 5.41) is 0. The van der Waals surface area contributed by atoms with Gasteiger partial charge in [-0.25, -0.2) is 14.4 Å². The van der Waals surface area contributed by atoms with Gasteiger partial charge in [0.05, 0.1) is 5.41 Å². The molecule has 0 unspecified atom stereocenters. The zero-order chi connectivity index (χ0) is 17.3. The van der Waals surface area contributed by atoms with Gasteiger partial charge in [-0.05, 0) is 12.3 Å². The molecule has 1 saturated carbocycles. The molecular weight excluding hydrogens is 300 g/mol. The summed E-state index contributed by atoms with van der Waals surface area (Å²) in [6.07, 6.45) is 5.85. The van der Waals surface area contributed by atoms with Crippen molar-refractivity contribution >= 4 is 17.9 Å². The Bertz CT molecular complexity index is 429. The molecule has 126 valence electrons. The maximum Gasteiger partial charge on any atom is 0.330 e. The van der Waals surface area contributed by atoms with Crippen molar-refractivity contribution < 1.29 is 28.6 Å². The number of hydrogen-bond acceptors (Lipinski definition) is 6. The Hall–Kier alpha value is -2.37. The van der Waals surface area contributed by atoms with Gasteiger partial charge in [0.15, 0.2) is 0 Å². The van der Waals surface area contributed by atoms with Gasteiger partial charge in [0.1, 0.15) is 19.8 Å². The quantitative estimate of drug-likeness (QED) is 0.329. The molecule has 0 spiro atoms. The van der Waals surface area contributed by atoms with E-state index in [2.05, 4.69) is 19.7 Å². The average molecular weight is 322 g/mol. The summed E-state index contributed by atoms with van der Waals surface area (Å²) in [5.41, 5.74) is -0.794. The Labute approximate surface area is 135 Å². The summed E-state index contributed by atoms with van der Waals surface area (Å²) in [5.74, 6) is -1.33. The number of hydrogen-bond donors (Lipinski definition) is 0. The lowest BCUT2D eigenvalue weighted by Gasteiger charge is -2.32. The second-order valence-electron chi connectivity index (χ2n) is 5.58. The highest BCUT2D eigenvalue weighted by atomic mass is 16.6. The maximum atomic E-state index is 11.4. The number of rotatable bonds is 11. The molecule has 6 heteroatoms. The molecule has 1 aliphatic carbocycles. The third kappa shape index (κ3) is 6.95. The fraction of sp³-hybridized carbons (Fsp3) is 0.471. The van der Waals surface area contributed by atoms with Crippen LogP contribution in [0.25, 0.3) is 0 Å². The molecule has 0 heterocycles. The third-order valence-corrected chi connectivity index (χ3v) is 3.48. The van der Waals surface area contributed by atoms with E-state index in [-0.39, 0.29) is 19.8 Å². The zero-order valence-electron chi connectivity index (χ0n) is 13.1. The molecule has 0 aromatic carbocycles. The Morgan fingerprint density at radius 2 is 1.17 bits per heavy atom. The van der Waals surface area contributed by atoms with E-state index in [0.717, 1.165) is 31.1 Å². The lowest BCUT2D eigenvalue weighted by Crippen LogP contribution is -2.39. The molecule has 23 heavy (non-hydrogen) atoms. The highest BCUT2D eigenvalue weighted by Crippen LogP contribution is 2.41. The first-order valence-electron chi connectivity index (χ1n) is 7.32. The molecular formula is C17H22O6. The Balaban J connectivity index is 2.83. The predicted molar refractivity (Wildman–Crippen MR) is 83.2 cm³/mol. The number of esters is 3. The summed E-state index contributed by atoms with van der Waals surface area (Å²) in [6.45, 7) is 9.90. The molecule has 0 aliphatic heterocycles. The molecule has 0 saturated heterocycles. The average Bonchev–Trinajstić information content (AvgIpc) is 3.38. The van der Waals surface area contributed by atoms with E-state index in [4.69, 9.17) is 14.2 Å². The Kier molecular flexibility index (Phi) is 7.25. The first kappa shape index (κ1) is 18.7. The van der Waals surface area contributed by atoms with Crippen LogP contribution in [0.1, 0.15) is 19.3 Å². The fourth-order valence-electron chi connectivity index (χ4n) is 2.09. The van der Waals surface area contributed by atoms with E-state index < -0.39 is 23.3 Å². The second kappa shape index (κ2) is 8.92. The van der Waals surface area contributed by atoms with Crippen LogP contribution in [0.4, 0.5) is 0 Å². The van der Waals surface area contributed by atoms with Crippen molar-refractivity contribution in [2.24, 2.45) is 11.3 Å². The van der Waals surface area contributed by atoms with E-state index in [1.165, 1.54) is 0 Å². The third-order valence-electron chi connectivity index (χ3n) is 3.48. The minimum atomic E-state index is -0.794. The van der Waals surface area contributed by atoms with E-state index in [1.807, 2.05) is 0 Å². The van der Waals surface area contributed by atoms with Gasteiger partial charge in [0.2, 0.25) is 0 Å². The van der Waals surface area contributed by atoms with Gasteiger partial charge in [-0.2, -0.15) is 0 Å². The van der Waals surface area contributed by atoms with Crippen LogP contribution >= 0.6 is 0 Å². The summed E-state index contributed by atoms with van der Waals surface area (Å²) in [7, 11) is 0. The van der Waals surface area contributed by atoms with Crippen LogP contribution in [0, 0.1) is 11.3 Å². The molecule has 6 nitrogen and oxygen atoms in total. The standard InChI is InChI=1S/C17H22O6/c1-4-14(18)21-10-17(9-13-7-8-13,11-22-15(19)5-2)12-23-16(20)6-3/h4-6,13H,1-3,7-12H2. The maximum absolute atomic E-state index is 11.4. The first-order chi connectivity index (χ1) is 10.9. The van der Waals surface area contributed by atoms with Gasteiger partial charge < -0.3 is 14.2 Å². The van der Waals surface area contributed by atoms with Crippen LogP contribution in [0.2, 0.25) is 0 Å². The molecule has 1 fully saturated rings. The fourth-order valence-corrected chi connectivity index (χ4v) is 2.09. The first-order valence-corrected chi connectivity index (χ1v) is 7.32. The van der Waals surface area contributed by atoms with Crippen LogP contribution < -0.4 is 0 Å². The minimum absolute atomic E-state index is 0.0385. The molecule has 0 atom stereocenters. The number of ether oxygens (including phenoxy) is 3. The van der Waals surface area contributed by atoms with Crippen LogP contribution in [-0.4, -0.2) is 37.7 Å². The van der Waals surface area contributed by atoms with Crippen LogP contribution in [-0.2, 0) is 28.6 Å². The molecule has 0 bridgehead atoms. The Morgan fingerprint density at radius 1 is 0.826 bits per heavy atom. The zero-order valence-corrected chi connectivity index (χ0v) is 13.1. The van der Waals surface area contributed by atoms with Crippen molar-refractivity contribution in [3.63, 3.8) is 0 Å². The van der Waals surface area contributed by atoms with Gasteiger partial charge in [-0.1, -0.05) is 32.6 Å². The van der Waals surface area contributed by atoms with Crippen LogP contribution in [0.15, 0.2) is 38.0 Å². The van der Waals surface area contributed by atoms with Crippen molar-refractivity contribution in [2.75, 3.05) is 19.8 Å². The van der Waals surface area contributed by atoms with E-state index in [9.17, 15) is 14.4 Å². The minimum Gasteiger partial charge on any atom is -0.462 e. The van der Waals surface area contributed by atoms with Gasteiger partial charge in [-0.3, -0.25) is 0 Å². The van der Waals surface area contributed by atoms with Gasteiger partial charge in [0, 0.05) is 18.2 Å². The van der Waals surface area contributed by atoms with E-state index in [1.54, 1.807) is 0 Å². The van der Waals surface area contributed by atoms with Gasteiger partial charge >= 0.3 is 17.9 Å².